The van der Waals surface area contributed by atoms with Crippen LogP contribution in [0.15, 0.2) is 24.3 Å². The summed E-state index contributed by atoms with van der Waals surface area (Å²) >= 11 is 0. The molecule has 3 aromatic rings. The molecule has 0 fully saturated rings. The number of pyridine rings is 1. The lowest BCUT2D eigenvalue weighted by molar-refractivity contribution is -0.108. The minimum absolute atomic E-state index is 0.395. The van der Waals surface area contributed by atoms with Crippen LogP contribution in [0, 0.1) is 0 Å². The van der Waals surface area contributed by atoms with Gasteiger partial charge in [-0.05, 0) is 13.0 Å². The Morgan fingerprint density at radius 3 is 2.42 bits per heavy atom. The Labute approximate surface area is 181 Å². The molecule has 1 aromatic carbocycles. The van der Waals surface area contributed by atoms with E-state index in [9.17, 15) is 4.79 Å². The molecule has 0 aliphatic carbocycles. The summed E-state index contributed by atoms with van der Waals surface area (Å²) in [7, 11) is 0. The molecule has 9 nitrogen and oxygen atoms in total. The second kappa shape index (κ2) is 12.3. The highest BCUT2D eigenvalue weighted by Crippen LogP contribution is 2.29. The molecule has 2 N–H and O–H groups in total. The van der Waals surface area contributed by atoms with Crippen LogP contribution >= 0.6 is 0 Å². The summed E-state index contributed by atoms with van der Waals surface area (Å²) in [6, 6.07) is 7.90. The second-order valence-electron chi connectivity index (χ2n) is 6.82. The highest BCUT2D eigenvalue weighted by Gasteiger charge is 2.17. The first-order valence-corrected chi connectivity index (χ1v) is 10.5. The van der Waals surface area contributed by atoms with Crippen LogP contribution in [-0.4, -0.2) is 67.1 Å². The zero-order valence-electron chi connectivity index (χ0n) is 17.9. The van der Waals surface area contributed by atoms with Gasteiger partial charge in [0.05, 0.1) is 50.7 Å². The van der Waals surface area contributed by atoms with Crippen LogP contribution < -0.4 is 5.73 Å². The third-order valence-corrected chi connectivity index (χ3v) is 4.71. The quantitative estimate of drug-likeness (QED) is 0.289. The number of carbonyl (C=O) groups is 1. The number of hydrogen-bond acceptors (Lipinski definition) is 8. The number of nitrogens with two attached hydrogens (primary N) is 1. The number of rotatable bonds is 15. The number of hydrogen-bond donors (Lipinski definition) is 1. The topological polar surface area (TPSA) is 111 Å². The lowest BCUT2D eigenvalue weighted by atomic mass is 10.2. The maximum atomic E-state index is 10.2. The van der Waals surface area contributed by atoms with Gasteiger partial charge in [-0.2, -0.15) is 0 Å². The number of para-hydroxylation sites is 1. The zero-order chi connectivity index (χ0) is 21.9. The number of nitrogen functional groups attached to an aromatic ring is 1. The largest absolute Gasteiger partial charge is 0.382 e. The Hall–Kier alpha value is -2.59. The summed E-state index contributed by atoms with van der Waals surface area (Å²) in [5.41, 5.74) is 8.66. The van der Waals surface area contributed by atoms with Gasteiger partial charge < -0.3 is 34.0 Å². The van der Waals surface area contributed by atoms with Crippen LogP contribution in [0.5, 0.6) is 0 Å². The lowest BCUT2D eigenvalue weighted by Crippen LogP contribution is -2.14. The number of aldehydes is 1. The first kappa shape index (κ1) is 23.1. The molecule has 0 aliphatic heterocycles. The van der Waals surface area contributed by atoms with Gasteiger partial charge in [0, 0.05) is 25.0 Å². The molecular formula is C22H30N4O5. The van der Waals surface area contributed by atoms with Gasteiger partial charge in [-0.3, -0.25) is 0 Å². The van der Waals surface area contributed by atoms with Crippen LogP contribution in [0.2, 0.25) is 0 Å². The van der Waals surface area contributed by atoms with Crippen molar-refractivity contribution in [2.75, 3.05) is 52.0 Å². The number of aromatic nitrogens is 3. The predicted octanol–water partition coefficient (Wildman–Crippen LogP) is 2.34. The molecule has 2 aromatic heterocycles. The average molecular weight is 431 g/mol. The third kappa shape index (κ3) is 6.20. The molecule has 3 rings (SSSR count). The third-order valence-electron chi connectivity index (χ3n) is 4.71. The summed E-state index contributed by atoms with van der Waals surface area (Å²) in [5.74, 6) is 1.21. The van der Waals surface area contributed by atoms with Crippen LogP contribution in [0.4, 0.5) is 5.82 Å². The summed E-state index contributed by atoms with van der Waals surface area (Å²) in [4.78, 5) is 19.4. The SMILES string of the molecule is CCOCc1nc2c(N)nc3ccccc3c2n1CCOCCOCCOCCC=O. The van der Waals surface area contributed by atoms with Crippen LogP contribution in [0.1, 0.15) is 19.2 Å². The standard InChI is InChI=1S/C22H30N4O5/c1-2-28-16-19-25-20-21(17-6-3-4-7-18(17)24-22(20)23)26(19)8-11-30-13-15-31-14-12-29-10-5-9-27/h3-4,6-7,9H,2,5,8,10-16H2,1H3,(H2,23,24). The van der Waals surface area contributed by atoms with E-state index in [4.69, 9.17) is 29.7 Å². The molecule has 31 heavy (non-hydrogen) atoms. The summed E-state index contributed by atoms with van der Waals surface area (Å²) in [6.07, 6.45) is 1.25. The van der Waals surface area contributed by atoms with E-state index in [1.165, 1.54) is 0 Å². The van der Waals surface area contributed by atoms with E-state index in [0.29, 0.717) is 77.2 Å². The van der Waals surface area contributed by atoms with Gasteiger partial charge in [-0.1, -0.05) is 18.2 Å². The van der Waals surface area contributed by atoms with Crippen molar-refractivity contribution in [3.05, 3.63) is 30.1 Å². The fraction of sp³-hybridized carbons (Fsp3) is 0.500. The Kier molecular flexibility index (Phi) is 9.16. The Bertz CT molecular complexity index is 975. The zero-order valence-corrected chi connectivity index (χ0v) is 17.9. The van der Waals surface area contributed by atoms with Gasteiger partial charge in [0.25, 0.3) is 0 Å². The molecule has 9 heteroatoms. The molecule has 0 bridgehead atoms. The molecule has 0 amide bonds. The summed E-state index contributed by atoms with van der Waals surface area (Å²) < 4.78 is 24.2. The van der Waals surface area contributed by atoms with E-state index in [1.807, 2.05) is 31.2 Å². The molecule has 0 atom stereocenters. The van der Waals surface area contributed by atoms with E-state index in [2.05, 4.69) is 9.55 Å². The smallest absolute Gasteiger partial charge is 0.152 e. The maximum Gasteiger partial charge on any atom is 0.152 e. The number of anilines is 1. The normalized spacial score (nSPS) is 11.5. The fourth-order valence-electron chi connectivity index (χ4n) is 3.28. The molecule has 168 valence electrons. The Morgan fingerprint density at radius 1 is 0.968 bits per heavy atom. The molecule has 0 radical (unpaired) electrons. The van der Waals surface area contributed by atoms with Crippen molar-refractivity contribution >= 4 is 34.0 Å². The van der Waals surface area contributed by atoms with E-state index >= 15 is 0 Å². The number of fused-ring (bicyclic) bond motifs is 3. The summed E-state index contributed by atoms with van der Waals surface area (Å²) in [6.45, 7) is 6.40. The highest BCUT2D eigenvalue weighted by molar-refractivity contribution is 6.06. The van der Waals surface area contributed by atoms with E-state index in [0.717, 1.165) is 28.5 Å². The van der Waals surface area contributed by atoms with Crippen LogP contribution in [0.25, 0.3) is 21.9 Å². The van der Waals surface area contributed by atoms with Crippen molar-refractivity contribution in [3.63, 3.8) is 0 Å². The molecule has 2 heterocycles. The number of benzene rings is 1. The number of imidazole rings is 1. The molecule has 0 aliphatic rings. The van der Waals surface area contributed by atoms with Gasteiger partial charge in [0.2, 0.25) is 0 Å². The number of ether oxygens (including phenoxy) is 4. The van der Waals surface area contributed by atoms with Gasteiger partial charge >= 0.3 is 0 Å². The van der Waals surface area contributed by atoms with Crippen molar-refractivity contribution < 1.29 is 23.7 Å². The van der Waals surface area contributed by atoms with Gasteiger partial charge in [0.15, 0.2) is 5.82 Å². The van der Waals surface area contributed by atoms with Crippen LogP contribution in [-0.2, 0) is 36.9 Å². The Morgan fingerprint density at radius 2 is 1.68 bits per heavy atom. The van der Waals surface area contributed by atoms with Crippen LogP contribution in [0.3, 0.4) is 0 Å². The summed E-state index contributed by atoms with van der Waals surface area (Å²) in [5, 5.41) is 1.000. The maximum absolute atomic E-state index is 10.2. The van der Waals surface area contributed by atoms with Crippen molar-refractivity contribution in [3.8, 4) is 0 Å². The van der Waals surface area contributed by atoms with E-state index in [1.54, 1.807) is 0 Å². The van der Waals surface area contributed by atoms with Gasteiger partial charge in [-0.15, -0.1) is 0 Å². The van der Waals surface area contributed by atoms with E-state index < -0.39 is 0 Å². The van der Waals surface area contributed by atoms with E-state index in [-0.39, 0.29) is 0 Å². The molecule has 0 spiro atoms. The minimum atomic E-state index is 0.395. The first-order valence-electron chi connectivity index (χ1n) is 10.5. The number of carbonyl (C=O) groups excluding carboxylic acids is 1. The second-order valence-corrected chi connectivity index (χ2v) is 6.82. The Balaban J connectivity index is 1.59. The fourth-order valence-corrected chi connectivity index (χ4v) is 3.28. The lowest BCUT2D eigenvalue weighted by Gasteiger charge is -2.12. The minimum Gasteiger partial charge on any atom is -0.382 e. The average Bonchev–Trinajstić information content (AvgIpc) is 3.15. The van der Waals surface area contributed by atoms with Gasteiger partial charge in [0.1, 0.15) is 24.2 Å². The molecular weight excluding hydrogens is 400 g/mol. The molecule has 0 unspecified atom stereocenters. The number of nitrogens with zero attached hydrogens (tertiary/aromatic N) is 3. The predicted molar refractivity (Wildman–Crippen MR) is 118 cm³/mol. The van der Waals surface area contributed by atoms with Crippen molar-refractivity contribution in [1.29, 1.82) is 0 Å². The van der Waals surface area contributed by atoms with Gasteiger partial charge in [-0.25, -0.2) is 9.97 Å². The highest BCUT2D eigenvalue weighted by atomic mass is 16.5. The first-order chi connectivity index (χ1) is 15.3. The van der Waals surface area contributed by atoms with Crippen molar-refractivity contribution in [2.45, 2.75) is 26.5 Å². The van der Waals surface area contributed by atoms with Crippen molar-refractivity contribution in [1.82, 2.24) is 14.5 Å². The molecule has 0 saturated carbocycles. The monoisotopic (exact) mass is 430 g/mol. The van der Waals surface area contributed by atoms with Crippen molar-refractivity contribution in [2.24, 2.45) is 0 Å². The molecule has 0 saturated heterocycles.